The highest BCUT2D eigenvalue weighted by Gasteiger charge is 2.27. The highest BCUT2D eigenvalue weighted by atomic mass is 19.1. The van der Waals surface area contributed by atoms with Gasteiger partial charge in [-0.1, -0.05) is 19.9 Å². The average Bonchev–Trinajstić information content (AvgIpc) is 2.47. The molecule has 1 fully saturated rings. The molecule has 3 heteroatoms. The van der Waals surface area contributed by atoms with Crippen molar-refractivity contribution in [3.05, 3.63) is 29.6 Å². The molecule has 0 heterocycles. The van der Waals surface area contributed by atoms with Crippen molar-refractivity contribution < 1.29 is 14.2 Å². The van der Waals surface area contributed by atoms with Crippen molar-refractivity contribution in [3.63, 3.8) is 0 Å². The Morgan fingerprint density at radius 1 is 1.19 bits per heavy atom. The third kappa shape index (κ3) is 4.19. The molecule has 1 saturated carbocycles. The first-order chi connectivity index (χ1) is 10.0. The fourth-order valence-electron chi connectivity index (χ4n) is 3.44. The second-order valence-corrected chi connectivity index (χ2v) is 6.66. The van der Waals surface area contributed by atoms with Gasteiger partial charge in [-0.15, -0.1) is 0 Å². The molecule has 0 bridgehead atoms. The Balaban J connectivity index is 1.90. The zero-order valence-electron chi connectivity index (χ0n) is 13.3. The van der Waals surface area contributed by atoms with Crippen LogP contribution in [0.2, 0.25) is 0 Å². The monoisotopic (exact) mass is 294 g/mol. The Hall–Kier alpha value is -1.09. The molecule has 1 aromatic carbocycles. The van der Waals surface area contributed by atoms with E-state index in [0.717, 1.165) is 30.2 Å². The van der Waals surface area contributed by atoms with E-state index in [2.05, 4.69) is 13.8 Å². The molecule has 2 rings (SSSR count). The van der Waals surface area contributed by atoms with Crippen LogP contribution in [-0.2, 0) is 6.42 Å². The lowest BCUT2D eigenvalue weighted by molar-refractivity contribution is 0.0674. The van der Waals surface area contributed by atoms with Gasteiger partial charge in [0, 0.05) is 0 Å². The quantitative estimate of drug-likeness (QED) is 0.882. The highest BCUT2D eigenvalue weighted by Crippen LogP contribution is 2.35. The van der Waals surface area contributed by atoms with Crippen LogP contribution in [0, 0.1) is 23.6 Å². The van der Waals surface area contributed by atoms with Crippen LogP contribution in [-0.4, -0.2) is 18.3 Å². The summed E-state index contributed by atoms with van der Waals surface area (Å²) in [6.45, 7) is 4.56. The van der Waals surface area contributed by atoms with E-state index in [1.807, 2.05) is 6.07 Å². The third-order valence-electron chi connectivity index (χ3n) is 4.96. The molecule has 1 aromatic rings. The molecular formula is C18H27FO2. The van der Waals surface area contributed by atoms with Gasteiger partial charge in [0.2, 0.25) is 0 Å². The molecule has 1 unspecified atom stereocenters. The Labute approximate surface area is 127 Å². The van der Waals surface area contributed by atoms with E-state index in [-0.39, 0.29) is 17.7 Å². The zero-order valence-corrected chi connectivity index (χ0v) is 13.3. The van der Waals surface area contributed by atoms with Crippen LogP contribution in [0.5, 0.6) is 5.75 Å². The first kappa shape index (κ1) is 16.3. The van der Waals surface area contributed by atoms with Crippen molar-refractivity contribution in [2.45, 2.75) is 52.1 Å². The van der Waals surface area contributed by atoms with E-state index >= 15 is 0 Å². The summed E-state index contributed by atoms with van der Waals surface area (Å²) in [7, 11) is 1.46. The molecule has 0 spiro atoms. The second-order valence-electron chi connectivity index (χ2n) is 6.66. The molecule has 1 atom stereocenters. The first-order valence-electron chi connectivity index (χ1n) is 8.01. The smallest absolute Gasteiger partial charge is 0.165 e. The van der Waals surface area contributed by atoms with Crippen LogP contribution < -0.4 is 4.74 Å². The van der Waals surface area contributed by atoms with Crippen LogP contribution in [0.3, 0.4) is 0 Å². The predicted octanol–water partition coefficient (Wildman–Crippen LogP) is 4.20. The van der Waals surface area contributed by atoms with Gasteiger partial charge in [0.15, 0.2) is 11.6 Å². The largest absolute Gasteiger partial charge is 0.494 e. The Kier molecular flexibility index (Phi) is 5.63. The van der Waals surface area contributed by atoms with Crippen LogP contribution in [0.25, 0.3) is 0 Å². The molecule has 0 saturated heterocycles. The zero-order chi connectivity index (χ0) is 15.4. The topological polar surface area (TPSA) is 29.5 Å². The molecular weight excluding hydrogens is 267 g/mol. The van der Waals surface area contributed by atoms with Gasteiger partial charge < -0.3 is 9.84 Å². The maximum atomic E-state index is 13.7. The van der Waals surface area contributed by atoms with Gasteiger partial charge in [0.25, 0.3) is 0 Å². The Morgan fingerprint density at radius 3 is 2.33 bits per heavy atom. The normalized spacial score (nSPS) is 24.1. The summed E-state index contributed by atoms with van der Waals surface area (Å²) >= 11 is 0. The molecule has 0 radical (unpaired) electrons. The molecule has 0 aliphatic heterocycles. The van der Waals surface area contributed by atoms with Crippen molar-refractivity contribution in [1.29, 1.82) is 0 Å². The number of ether oxygens (including phenoxy) is 1. The van der Waals surface area contributed by atoms with Crippen molar-refractivity contribution in [2.75, 3.05) is 7.11 Å². The highest BCUT2D eigenvalue weighted by molar-refractivity contribution is 5.29. The van der Waals surface area contributed by atoms with E-state index in [0.29, 0.717) is 12.3 Å². The minimum absolute atomic E-state index is 0.255. The van der Waals surface area contributed by atoms with Crippen LogP contribution in [0.15, 0.2) is 18.2 Å². The number of hydrogen-bond acceptors (Lipinski definition) is 2. The van der Waals surface area contributed by atoms with Gasteiger partial charge in [-0.3, -0.25) is 0 Å². The lowest BCUT2D eigenvalue weighted by atomic mass is 9.74. The minimum atomic E-state index is -0.370. The second kappa shape index (κ2) is 7.26. The molecule has 21 heavy (non-hydrogen) atoms. The summed E-state index contributed by atoms with van der Waals surface area (Å²) in [5, 5.41) is 10.4. The van der Waals surface area contributed by atoms with Crippen LogP contribution in [0.1, 0.15) is 45.1 Å². The molecule has 1 N–H and O–H groups in total. The summed E-state index contributed by atoms with van der Waals surface area (Å²) in [6.07, 6.45) is 4.74. The number of aliphatic hydroxyl groups excluding tert-OH is 1. The van der Waals surface area contributed by atoms with E-state index in [1.54, 1.807) is 6.07 Å². The molecule has 118 valence electrons. The number of benzene rings is 1. The first-order valence-corrected chi connectivity index (χ1v) is 8.01. The van der Waals surface area contributed by atoms with Crippen LogP contribution in [0.4, 0.5) is 4.39 Å². The Morgan fingerprint density at radius 2 is 1.81 bits per heavy atom. The number of hydrogen-bond donors (Lipinski definition) is 1. The lowest BCUT2D eigenvalue weighted by Gasteiger charge is -2.33. The van der Waals surface area contributed by atoms with Crippen molar-refractivity contribution in [3.8, 4) is 5.75 Å². The molecule has 1 aliphatic rings. The van der Waals surface area contributed by atoms with Gasteiger partial charge >= 0.3 is 0 Å². The summed E-state index contributed by atoms with van der Waals surface area (Å²) in [5.74, 6) is 1.78. The maximum Gasteiger partial charge on any atom is 0.165 e. The van der Waals surface area contributed by atoms with Gasteiger partial charge in [0.1, 0.15) is 0 Å². The third-order valence-corrected chi connectivity index (χ3v) is 4.96. The van der Waals surface area contributed by atoms with Crippen molar-refractivity contribution in [1.82, 2.24) is 0 Å². The summed E-state index contributed by atoms with van der Waals surface area (Å²) in [6, 6.07) is 4.94. The minimum Gasteiger partial charge on any atom is -0.494 e. The average molecular weight is 294 g/mol. The molecule has 0 aromatic heterocycles. The predicted molar refractivity (Wildman–Crippen MR) is 82.9 cm³/mol. The standard InChI is InChI=1S/C18H27FO2/c1-12(2)14-5-7-15(8-6-14)17(20)11-13-4-9-18(21-3)16(19)10-13/h4,9-10,12,14-15,17,20H,5-8,11H2,1-3H3. The molecule has 2 nitrogen and oxygen atoms in total. The van der Waals surface area contributed by atoms with Crippen molar-refractivity contribution in [2.24, 2.45) is 17.8 Å². The summed E-state index contributed by atoms with van der Waals surface area (Å²) < 4.78 is 18.6. The number of rotatable bonds is 5. The Bertz CT molecular complexity index is 451. The van der Waals surface area contributed by atoms with Gasteiger partial charge in [-0.2, -0.15) is 0 Å². The number of halogens is 1. The number of methoxy groups -OCH3 is 1. The molecule has 1 aliphatic carbocycles. The SMILES string of the molecule is COc1ccc(CC(O)C2CCC(C(C)C)CC2)cc1F. The fraction of sp³-hybridized carbons (Fsp3) is 0.667. The van der Waals surface area contributed by atoms with Crippen LogP contribution >= 0.6 is 0 Å². The van der Waals surface area contributed by atoms with Gasteiger partial charge in [-0.05, 0) is 67.6 Å². The maximum absolute atomic E-state index is 13.7. The van der Waals surface area contributed by atoms with Gasteiger partial charge in [0.05, 0.1) is 13.2 Å². The molecule has 0 amide bonds. The summed E-state index contributed by atoms with van der Waals surface area (Å²) in [4.78, 5) is 0. The van der Waals surface area contributed by atoms with E-state index < -0.39 is 0 Å². The van der Waals surface area contributed by atoms with E-state index in [9.17, 15) is 9.50 Å². The number of aliphatic hydroxyl groups is 1. The summed E-state index contributed by atoms with van der Waals surface area (Å²) in [5.41, 5.74) is 0.840. The van der Waals surface area contributed by atoms with Gasteiger partial charge in [-0.25, -0.2) is 4.39 Å². The van der Waals surface area contributed by atoms with Crippen molar-refractivity contribution >= 4 is 0 Å². The van der Waals surface area contributed by atoms with E-state index in [4.69, 9.17) is 4.74 Å². The fourth-order valence-corrected chi connectivity index (χ4v) is 3.44. The lowest BCUT2D eigenvalue weighted by Crippen LogP contribution is -2.28. The van der Waals surface area contributed by atoms with E-state index in [1.165, 1.54) is 26.0 Å².